The summed E-state index contributed by atoms with van der Waals surface area (Å²) in [6.45, 7) is 5.43. The average Bonchev–Trinajstić information content (AvgIpc) is 2.74. The molecule has 1 N–H and O–H groups in total. The van der Waals surface area contributed by atoms with Crippen LogP contribution in [0.4, 0.5) is 0 Å². The summed E-state index contributed by atoms with van der Waals surface area (Å²) in [5, 5.41) is 12.9. The lowest BCUT2D eigenvalue weighted by Crippen LogP contribution is -2.35. The van der Waals surface area contributed by atoms with Crippen LogP contribution in [0, 0.1) is 0 Å². The Labute approximate surface area is 111 Å². The standard InChI is InChI=1S/C14H17NO4/c1-9(2)18-11-6-4-10(5-7-11)12-8-14(3,13(16)17)19-15-12/h4-7,9H,8H2,1-3H3,(H,16,17)/t14-/m1/s1. The molecular formula is C14H17NO4. The number of aliphatic carboxylic acids is 1. The number of rotatable bonds is 4. The number of carbonyl (C=O) groups is 1. The van der Waals surface area contributed by atoms with Gasteiger partial charge in [0.1, 0.15) is 5.75 Å². The summed E-state index contributed by atoms with van der Waals surface area (Å²) in [6, 6.07) is 7.39. The van der Waals surface area contributed by atoms with Gasteiger partial charge in [-0.1, -0.05) is 5.16 Å². The second kappa shape index (κ2) is 4.91. The summed E-state index contributed by atoms with van der Waals surface area (Å²) in [7, 11) is 0. The third-order valence-corrected chi connectivity index (χ3v) is 2.87. The van der Waals surface area contributed by atoms with Gasteiger partial charge in [-0.05, 0) is 50.6 Å². The van der Waals surface area contributed by atoms with Crippen LogP contribution in [-0.2, 0) is 9.63 Å². The molecule has 0 spiro atoms. The van der Waals surface area contributed by atoms with Gasteiger partial charge in [0, 0.05) is 6.42 Å². The van der Waals surface area contributed by atoms with Crippen LogP contribution >= 0.6 is 0 Å². The van der Waals surface area contributed by atoms with Gasteiger partial charge in [0.05, 0.1) is 11.8 Å². The molecule has 1 aliphatic heterocycles. The zero-order valence-corrected chi connectivity index (χ0v) is 11.2. The highest BCUT2D eigenvalue weighted by Gasteiger charge is 2.42. The first-order valence-corrected chi connectivity index (χ1v) is 6.16. The summed E-state index contributed by atoms with van der Waals surface area (Å²) in [5.74, 6) is -0.231. The first-order valence-electron chi connectivity index (χ1n) is 6.16. The molecule has 5 nitrogen and oxygen atoms in total. The molecule has 1 aromatic carbocycles. The number of carboxylic acids is 1. The Morgan fingerprint density at radius 1 is 1.42 bits per heavy atom. The van der Waals surface area contributed by atoms with Gasteiger partial charge >= 0.3 is 5.97 Å². The Kier molecular flexibility index (Phi) is 3.46. The second-order valence-electron chi connectivity index (χ2n) is 5.03. The third kappa shape index (κ3) is 2.86. The number of hydrogen-bond donors (Lipinski definition) is 1. The first-order chi connectivity index (χ1) is 8.90. The van der Waals surface area contributed by atoms with Gasteiger partial charge in [0.25, 0.3) is 0 Å². The Hall–Kier alpha value is -2.04. The van der Waals surface area contributed by atoms with E-state index in [4.69, 9.17) is 14.7 Å². The maximum Gasteiger partial charge on any atom is 0.351 e. The zero-order valence-electron chi connectivity index (χ0n) is 11.2. The molecule has 1 heterocycles. The fraction of sp³-hybridized carbons (Fsp3) is 0.429. The van der Waals surface area contributed by atoms with Crippen LogP contribution in [0.5, 0.6) is 5.75 Å². The fourth-order valence-corrected chi connectivity index (χ4v) is 1.81. The quantitative estimate of drug-likeness (QED) is 0.906. The molecule has 0 saturated heterocycles. The summed E-state index contributed by atoms with van der Waals surface area (Å²) in [6.07, 6.45) is 0.375. The van der Waals surface area contributed by atoms with Crippen LogP contribution in [0.3, 0.4) is 0 Å². The van der Waals surface area contributed by atoms with Crippen LogP contribution < -0.4 is 4.74 Å². The zero-order chi connectivity index (χ0) is 14.0. The second-order valence-corrected chi connectivity index (χ2v) is 5.03. The highest BCUT2D eigenvalue weighted by Crippen LogP contribution is 2.27. The first kappa shape index (κ1) is 13.4. The minimum Gasteiger partial charge on any atom is -0.491 e. The highest BCUT2D eigenvalue weighted by atomic mass is 16.7. The number of hydrogen-bond acceptors (Lipinski definition) is 4. The van der Waals surface area contributed by atoms with Crippen molar-refractivity contribution in [1.82, 2.24) is 0 Å². The van der Waals surface area contributed by atoms with Crippen molar-refractivity contribution in [2.75, 3.05) is 0 Å². The predicted octanol–water partition coefficient (Wildman–Crippen LogP) is 2.44. The van der Waals surface area contributed by atoms with E-state index in [1.807, 2.05) is 38.1 Å². The lowest BCUT2D eigenvalue weighted by Gasteiger charge is -2.14. The van der Waals surface area contributed by atoms with Crippen LogP contribution in [0.2, 0.25) is 0 Å². The molecule has 0 radical (unpaired) electrons. The number of nitrogens with zero attached hydrogens (tertiary/aromatic N) is 1. The Bertz CT molecular complexity index is 507. The maximum absolute atomic E-state index is 11.1. The van der Waals surface area contributed by atoms with Crippen molar-refractivity contribution in [3.8, 4) is 5.75 Å². The molecule has 0 aliphatic carbocycles. The molecule has 1 aromatic rings. The molecule has 0 fully saturated rings. The molecule has 1 atom stereocenters. The van der Waals surface area contributed by atoms with Crippen molar-refractivity contribution in [3.63, 3.8) is 0 Å². The van der Waals surface area contributed by atoms with Gasteiger partial charge in [-0.25, -0.2) is 4.79 Å². The van der Waals surface area contributed by atoms with Gasteiger partial charge in [-0.15, -0.1) is 0 Å². The van der Waals surface area contributed by atoms with Crippen molar-refractivity contribution in [2.45, 2.75) is 38.9 Å². The lowest BCUT2D eigenvalue weighted by molar-refractivity contribution is -0.160. The van der Waals surface area contributed by atoms with Crippen LogP contribution in [0.25, 0.3) is 0 Å². The summed E-state index contributed by atoms with van der Waals surface area (Å²) >= 11 is 0. The molecular weight excluding hydrogens is 246 g/mol. The summed E-state index contributed by atoms with van der Waals surface area (Å²) < 4.78 is 5.55. The number of oxime groups is 1. The SMILES string of the molecule is CC(C)Oc1ccc(C2=NO[C@@](C)(C(=O)O)C2)cc1. The number of benzene rings is 1. The summed E-state index contributed by atoms with van der Waals surface area (Å²) in [5.41, 5.74) is 0.227. The Balaban J connectivity index is 2.10. The highest BCUT2D eigenvalue weighted by molar-refractivity contribution is 6.04. The van der Waals surface area contributed by atoms with Crippen LogP contribution in [-0.4, -0.2) is 28.5 Å². The van der Waals surface area contributed by atoms with E-state index in [0.29, 0.717) is 5.71 Å². The lowest BCUT2D eigenvalue weighted by atomic mass is 9.96. The van der Waals surface area contributed by atoms with E-state index in [9.17, 15) is 4.79 Å². The van der Waals surface area contributed by atoms with E-state index in [2.05, 4.69) is 5.16 Å². The van der Waals surface area contributed by atoms with E-state index in [1.54, 1.807) is 0 Å². The molecule has 0 amide bonds. The van der Waals surface area contributed by atoms with Gasteiger partial charge in [0.2, 0.25) is 5.60 Å². The number of carboxylic acid groups (broad SMARTS) is 1. The monoisotopic (exact) mass is 263 g/mol. The van der Waals surface area contributed by atoms with Crippen molar-refractivity contribution in [2.24, 2.45) is 5.16 Å². The Morgan fingerprint density at radius 2 is 2.05 bits per heavy atom. The molecule has 2 rings (SSSR count). The molecule has 1 aliphatic rings. The third-order valence-electron chi connectivity index (χ3n) is 2.87. The maximum atomic E-state index is 11.1. The molecule has 0 aromatic heterocycles. The molecule has 102 valence electrons. The molecule has 19 heavy (non-hydrogen) atoms. The molecule has 0 saturated carbocycles. The van der Waals surface area contributed by atoms with Crippen molar-refractivity contribution < 1.29 is 19.5 Å². The minimum atomic E-state index is -1.26. The predicted molar refractivity (Wildman–Crippen MR) is 70.5 cm³/mol. The molecule has 0 unspecified atom stereocenters. The smallest absolute Gasteiger partial charge is 0.351 e. The largest absolute Gasteiger partial charge is 0.491 e. The van der Waals surface area contributed by atoms with E-state index in [1.165, 1.54) is 6.92 Å². The average molecular weight is 263 g/mol. The van der Waals surface area contributed by atoms with E-state index in [0.717, 1.165) is 11.3 Å². The minimum absolute atomic E-state index is 0.119. The van der Waals surface area contributed by atoms with Gasteiger partial charge in [-0.3, -0.25) is 0 Å². The normalized spacial score (nSPS) is 22.0. The van der Waals surface area contributed by atoms with Crippen molar-refractivity contribution in [3.05, 3.63) is 29.8 Å². The van der Waals surface area contributed by atoms with E-state index >= 15 is 0 Å². The van der Waals surface area contributed by atoms with Gasteiger partial charge in [-0.2, -0.15) is 0 Å². The van der Waals surface area contributed by atoms with Crippen LogP contribution in [0.15, 0.2) is 29.4 Å². The van der Waals surface area contributed by atoms with Gasteiger partial charge < -0.3 is 14.7 Å². The topological polar surface area (TPSA) is 68.1 Å². The van der Waals surface area contributed by atoms with E-state index < -0.39 is 11.6 Å². The number of ether oxygens (including phenoxy) is 1. The summed E-state index contributed by atoms with van der Waals surface area (Å²) in [4.78, 5) is 16.1. The van der Waals surface area contributed by atoms with Crippen molar-refractivity contribution in [1.29, 1.82) is 0 Å². The Morgan fingerprint density at radius 3 is 2.53 bits per heavy atom. The molecule has 0 bridgehead atoms. The van der Waals surface area contributed by atoms with Gasteiger partial charge in [0.15, 0.2) is 0 Å². The van der Waals surface area contributed by atoms with E-state index in [-0.39, 0.29) is 12.5 Å². The van der Waals surface area contributed by atoms with Crippen molar-refractivity contribution >= 4 is 11.7 Å². The van der Waals surface area contributed by atoms with Crippen LogP contribution in [0.1, 0.15) is 32.8 Å². The fourth-order valence-electron chi connectivity index (χ4n) is 1.81. The molecule has 5 heteroatoms.